The standard InChI is InChI=1S/C15H17ClF3N3O2/c1-6-14(5,8(2)3)22-12(23)9(4)24-13-10(16)11(15(17,18)19)20-7-21-13/h1,7-9H,2-5H3,(H,22,23). The van der Waals surface area contributed by atoms with E-state index in [2.05, 4.69) is 21.2 Å². The third kappa shape index (κ3) is 4.51. The topological polar surface area (TPSA) is 64.1 Å². The number of aromatic nitrogens is 2. The van der Waals surface area contributed by atoms with E-state index in [1.165, 1.54) is 6.92 Å². The van der Waals surface area contributed by atoms with Crippen molar-refractivity contribution in [3.05, 3.63) is 17.0 Å². The Balaban J connectivity index is 2.95. The van der Waals surface area contributed by atoms with E-state index < -0.39 is 40.3 Å². The molecule has 0 aliphatic rings. The number of carbonyl (C=O) groups is 1. The third-order valence-corrected chi connectivity index (χ3v) is 3.86. The maximum Gasteiger partial charge on any atom is 0.435 e. The fourth-order valence-corrected chi connectivity index (χ4v) is 1.81. The van der Waals surface area contributed by atoms with Crippen LogP contribution in [-0.2, 0) is 11.0 Å². The van der Waals surface area contributed by atoms with Gasteiger partial charge in [-0.3, -0.25) is 4.79 Å². The first kappa shape index (κ1) is 20.0. The van der Waals surface area contributed by atoms with Gasteiger partial charge in [0, 0.05) is 0 Å². The number of terminal acetylenes is 1. The molecule has 0 radical (unpaired) electrons. The van der Waals surface area contributed by atoms with Gasteiger partial charge in [-0.15, -0.1) is 6.42 Å². The molecule has 2 unspecified atom stereocenters. The number of carbonyl (C=O) groups excluding carboxylic acids is 1. The number of halogens is 4. The lowest BCUT2D eigenvalue weighted by Crippen LogP contribution is -2.52. The summed E-state index contributed by atoms with van der Waals surface area (Å²) >= 11 is 5.62. The molecule has 9 heteroatoms. The molecule has 1 rings (SSSR count). The monoisotopic (exact) mass is 363 g/mol. The number of nitrogens with zero attached hydrogens (tertiary/aromatic N) is 2. The van der Waals surface area contributed by atoms with Crippen molar-refractivity contribution in [2.24, 2.45) is 5.92 Å². The third-order valence-electron chi connectivity index (χ3n) is 3.52. The van der Waals surface area contributed by atoms with E-state index in [1.807, 2.05) is 13.8 Å². The summed E-state index contributed by atoms with van der Waals surface area (Å²) in [4.78, 5) is 18.8. The predicted octanol–water partition coefficient (Wildman–Crippen LogP) is 3.08. The molecule has 0 bridgehead atoms. The van der Waals surface area contributed by atoms with E-state index in [-0.39, 0.29) is 5.92 Å². The van der Waals surface area contributed by atoms with Gasteiger partial charge < -0.3 is 10.1 Å². The van der Waals surface area contributed by atoms with Crippen LogP contribution < -0.4 is 10.1 Å². The van der Waals surface area contributed by atoms with Gasteiger partial charge in [0.1, 0.15) is 16.9 Å². The zero-order valence-electron chi connectivity index (χ0n) is 13.5. The predicted molar refractivity (Wildman–Crippen MR) is 82.4 cm³/mol. The lowest BCUT2D eigenvalue weighted by molar-refractivity contribution is -0.141. The number of nitrogens with one attached hydrogen (secondary N) is 1. The highest BCUT2D eigenvalue weighted by atomic mass is 35.5. The molecular formula is C15H17ClF3N3O2. The molecule has 5 nitrogen and oxygen atoms in total. The Hall–Kier alpha value is -2.01. The van der Waals surface area contributed by atoms with Crippen molar-refractivity contribution in [3.8, 4) is 18.2 Å². The highest BCUT2D eigenvalue weighted by Crippen LogP contribution is 2.36. The Kier molecular flexibility index (Phi) is 6.06. The number of rotatable bonds is 5. The van der Waals surface area contributed by atoms with Crippen LogP contribution in [0.4, 0.5) is 13.2 Å². The van der Waals surface area contributed by atoms with Crippen LogP contribution in [-0.4, -0.2) is 27.5 Å². The first-order chi connectivity index (χ1) is 10.9. The lowest BCUT2D eigenvalue weighted by atomic mass is 9.89. The summed E-state index contributed by atoms with van der Waals surface area (Å²) in [5.41, 5.74) is -2.26. The summed E-state index contributed by atoms with van der Waals surface area (Å²) in [5.74, 6) is 1.27. The number of hydrogen-bond acceptors (Lipinski definition) is 4. The number of hydrogen-bond donors (Lipinski definition) is 1. The molecular weight excluding hydrogens is 347 g/mol. The maximum absolute atomic E-state index is 12.8. The van der Waals surface area contributed by atoms with Crippen LogP contribution in [0.15, 0.2) is 6.33 Å². The molecule has 0 aliphatic heterocycles. The minimum absolute atomic E-state index is 0.0712. The second-order valence-corrected chi connectivity index (χ2v) is 5.97. The number of amides is 1. The molecule has 0 aliphatic carbocycles. The quantitative estimate of drug-likeness (QED) is 0.816. The second kappa shape index (κ2) is 7.26. The highest BCUT2D eigenvalue weighted by Gasteiger charge is 2.37. The van der Waals surface area contributed by atoms with Gasteiger partial charge in [-0.1, -0.05) is 31.4 Å². The van der Waals surface area contributed by atoms with Gasteiger partial charge >= 0.3 is 6.18 Å². The summed E-state index contributed by atoms with van der Waals surface area (Å²) in [6, 6.07) is 0. The van der Waals surface area contributed by atoms with Crippen molar-refractivity contribution < 1.29 is 22.7 Å². The van der Waals surface area contributed by atoms with Gasteiger partial charge in [0.15, 0.2) is 11.8 Å². The fourth-order valence-electron chi connectivity index (χ4n) is 1.56. The van der Waals surface area contributed by atoms with Crippen LogP contribution >= 0.6 is 11.6 Å². The van der Waals surface area contributed by atoms with Crippen LogP contribution in [0.1, 0.15) is 33.4 Å². The summed E-state index contributed by atoms with van der Waals surface area (Å²) in [6.45, 7) is 6.64. The number of ether oxygens (including phenoxy) is 1. The first-order valence-electron chi connectivity index (χ1n) is 6.96. The number of alkyl halides is 3. The molecule has 1 aromatic heterocycles. The Morgan fingerprint density at radius 1 is 1.38 bits per heavy atom. The van der Waals surface area contributed by atoms with Gasteiger partial charge in [-0.2, -0.15) is 13.2 Å². The van der Waals surface area contributed by atoms with E-state index >= 15 is 0 Å². The average molecular weight is 364 g/mol. The first-order valence-corrected chi connectivity index (χ1v) is 7.34. The summed E-state index contributed by atoms with van der Waals surface area (Å²) < 4.78 is 43.4. The van der Waals surface area contributed by atoms with Crippen LogP contribution in [0, 0.1) is 18.3 Å². The minimum atomic E-state index is -4.76. The Labute approximate surface area is 143 Å². The minimum Gasteiger partial charge on any atom is -0.463 e. The van der Waals surface area contributed by atoms with Crippen LogP contribution in [0.25, 0.3) is 0 Å². The van der Waals surface area contributed by atoms with E-state index in [4.69, 9.17) is 22.8 Å². The van der Waals surface area contributed by atoms with E-state index in [1.54, 1.807) is 6.92 Å². The van der Waals surface area contributed by atoms with Gasteiger partial charge in [0.05, 0.1) is 0 Å². The highest BCUT2D eigenvalue weighted by molar-refractivity contribution is 6.32. The molecule has 0 spiro atoms. The molecule has 1 amide bonds. The van der Waals surface area contributed by atoms with Crippen molar-refractivity contribution in [2.45, 2.75) is 45.5 Å². The van der Waals surface area contributed by atoms with Crippen molar-refractivity contribution in [1.29, 1.82) is 0 Å². The lowest BCUT2D eigenvalue weighted by Gasteiger charge is -2.30. The largest absolute Gasteiger partial charge is 0.463 e. The molecule has 0 saturated carbocycles. The molecule has 24 heavy (non-hydrogen) atoms. The Morgan fingerprint density at radius 3 is 2.42 bits per heavy atom. The fraction of sp³-hybridized carbons (Fsp3) is 0.533. The van der Waals surface area contributed by atoms with Crippen LogP contribution in [0.3, 0.4) is 0 Å². The van der Waals surface area contributed by atoms with Gasteiger partial charge in [-0.25, -0.2) is 9.97 Å². The average Bonchev–Trinajstić information content (AvgIpc) is 2.47. The summed E-state index contributed by atoms with van der Waals surface area (Å²) in [7, 11) is 0. The zero-order chi connectivity index (χ0) is 18.7. The molecule has 0 aromatic carbocycles. The molecule has 1 N–H and O–H groups in total. The Bertz CT molecular complexity index is 658. The molecule has 0 fully saturated rings. The van der Waals surface area contributed by atoms with E-state index in [0.29, 0.717) is 6.33 Å². The van der Waals surface area contributed by atoms with E-state index in [9.17, 15) is 18.0 Å². The molecule has 2 atom stereocenters. The van der Waals surface area contributed by atoms with Crippen molar-refractivity contribution in [3.63, 3.8) is 0 Å². The summed E-state index contributed by atoms with van der Waals surface area (Å²) in [5, 5.41) is 1.81. The van der Waals surface area contributed by atoms with Gasteiger partial charge in [-0.05, 0) is 19.8 Å². The van der Waals surface area contributed by atoms with Crippen molar-refractivity contribution >= 4 is 17.5 Å². The smallest absolute Gasteiger partial charge is 0.435 e. The van der Waals surface area contributed by atoms with Crippen LogP contribution in [0.2, 0.25) is 5.02 Å². The molecule has 1 heterocycles. The Morgan fingerprint density at radius 2 is 1.96 bits per heavy atom. The molecule has 132 valence electrons. The van der Waals surface area contributed by atoms with Gasteiger partial charge in [0.25, 0.3) is 5.91 Å². The summed E-state index contributed by atoms with van der Waals surface area (Å²) in [6.07, 6.45) is 0.167. The van der Waals surface area contributed by atoms with Crippen LogP contribution in [0.5, 0.6) is 5.88 Å². The normalized spacial score (nSPS) is 15.3. The molecule has 0 saturated heterocycles. The second-order valence-electron chi connectivity index (χ2n) is 5.59. The maximum atomic E-state index is 12.8. The van der Waals surface area contributed by atoms with Gasteiger partial charge in [0.2, 0.25) is 5.88 Å². The molecule has 1 aromatic rings. The van der Waals surface area contributed by atoms with Crippen molar-refractivity contribution in [1.82, 2.24) is 15.3 Å². The van der Waals surface area contributed by atoms with E-state index in [0.717, 1.165) is 0 Å². The zero-order valence-corrected chi connectivity index (χ0v) is 14.3. The SMILES string of the molecule is C#CC(C)(NC(=O)C(C)Oc1ncnc(C(F)(F)F)c1Cl)C(C)C. The van der Waals surface area contributed by atoms with Crippen molar-refractivity contribution in [2.75, 3.05) is 0 Å².